The summed E-state index contributed by atoms with van der Waals surface area (Å²) in [5, 5.41) is 10.7. The second kappa shape index (κ2) is 7.14. The molecule has 0 amide bonds. The summed E-state index contributed by atoms with van der Waals surface area (Å²) in [5.41, 5.74) is 0.00660. The number of nitrogens with zero attached hydrogens (tertiary/aromatic N) is 5. The summed E-state index contributed by atoms with van der Waals surface area (Å²) in [4.78, 5) is 3.97. The highest BCUT2D eigenvalue weighted by Gasteiger charge is 2.34. The molecule has 0 radical (unpaired) electrons. The summed E-state index contributed by atoms with van der Waals surface area (Å²) in [6.45, 7) is 0.267. The second-order valence-corrected chi connectivity index (χ2v) is 5.06. The number of aromatic nitrogens is 5. The topological polar surface area (TPSA) is 56.5 Å². The molecule has 0 aliphatic carbocycles. The van der Waals surface area contributed by atoms with Gasteiger partial charge in [0.15, 0.2) is 5.82 Å². The standard InChI is InChI=1S/C14H9ClF3N5.ClH/c15-12-10(4-1-5-11(12)14(16,17)18)13-20-21-22-23(13)8-9-3-2-6-19-7-9;/h1-7H,8H2;1H. The van der Waals surface area contributed by atoms with E-state index >= 15 is 0 Å². The number of alkyl halides is 3. The summed E-state index contributed by atoms with van der Waals surface area (Å²) in [7, 11) is 0. The normalized spacial score (nSPS) is 11.2. The SMILES string of the molecule is Cl.FC(F)(F)c1cccc(-c2nnnn2Cc2cccnc2)c1Cl. The first-order chi connectivity index (χ1) is 11.0. The molecule has 0 bridgehead atoms. The summed E-state index contributed by atoms with van der Waals surface area (Å²) < 4.78 is 40.3. The Hall–Kier alpha value is -2.19. The highest BCUT2D eigenvalue weighted by molar-refractivity contribution is 6.34. The van der Waals surface area contributed by atoms with Gasteiger partial charge >= 0.3 is 6.18 Å². The molecule has 0 saturated carbocycles. The highest BCUT2D eigenvalue weighted by Crippen LogP contribution is 2.39. The molecule has 0 atom stereocenters. The van der Waals surface area contributed by atoms with Gasteiger partial charge in [0, 0.05) is 18.0 Å². The molecular weight excluding hydrogens is 366 g/mol. The van der Waals surface area contributed by atoms with Crippen molar-refractivity contribution >= 4 is 24.0 Å². The van der Waals surface area contributed by atoms with Gasteiger partial charge in [0.1, 0.15) is 0 Å². The van der Waals surface area contributed by atoms with E-state index in [1.54, 1.807) is 18.5 Å². The average Bonchev–Trinajstić information content (AvgIpc) is 2.95. The lowest BCUT2D eigenvalue weighted by molar-refractivity contribution is -0.137. The number of hydrogen-bond donors (Lipinski definition) is 0. The minimum absolute atomic E-state index is 0. The third-order valence-corrected chi connectivity index (χ3v) is 3.54. The summed E-state index contributed by atoms with van der Waals surface area (Å²) in [6, 6.07) is 7.19. The largest absolute Gasteiger partial charge is 0.417 e. The lowest BCUT2D eigenvalue weighted by Crippen LogP contribution is -2.08. The highest BCUT2D eigenvalue weighted by atomic mass is 35.5. The van der Waals surface area contributed by atoms with Crippen molar-refractivity contribution in [3.8, 4) is 11.4 Å². The number of tetrazole rings is 1. The molecule has 0 fully saturated rings. The molecular formula is C14H10Cl2F3N5. The van der Waals surface area contributed by atoms with Crippen LogP contribution in [0.5, 0.6) is 0 Å². The summed E-state index contributed by atoms with van der Waals surface area (Å²) in [6.07, 6.45) is -1.30. The zero-order chi connectivity index (χ0) is 16.4. The van der Waals surface area contributed by atoms with Crippen molar-refractivity contribution in [1.82, 2.24) is 25.2 Å². The first-order valence-corrected chi connectivity index (χ1v) is 6.86. The van der Waals surface area contributed by atoms with E-state index in [9.17, 15) is 13.2 Å². The van der Waals surface area contributed by atoms with Gasteiger partial charge < -0.3 is 0 Å². The van der Waals surface area contributed by atoms with Crippen LogP contribution in [0.2, 0.25) is 5.02 Å². The van der Waals surface area contributed by atoms with Crippen molar-refractivity contribution in [2.45, 2.75) is 12.7 Å². The van der Waals surface area contributed by atoms with Gasteiger partial charge in [-0.3, -0.25) is 4.98 Å². The molecule has 3 aromatic rings. The third kappa shape index (κ3) is 3.65. The van der Waals surface area contributed by atoms with E-state index in [-0.39, 0.29) is 30.3 Å². The van der Waals surface area contributed by atoms with Gasteiger partial charge in [-0.25, -0.2) is 4.68 Å². The van der Waals surface area contributed by atoms with E-state index in [1.807, 2.05) is 6.07 Å². The molecule has 10 heteroatoms. The third-order valence-electron chi connectivity index (χ3n) is 3.13. The average molecular weight is 376 g/mol. The minimum Gasteiger partial charge on any atom is -0.264 e. The molecule has 0 N–H and O–H groups in total. The molecule has 3 rings (SSSR count). The fourth-order valence-corrected chi connectivity index (χ4v) is 2.41. The Morgan fingerprint density at radius 3 is 2.58 bits per heavy atom. The fraction of sp³-hybridized carbons (Fsp3) is 0.143. The van der Waals surface area contributed by atoms with E-state index in [1.165, 1.54) is 16.8 Å². The predicted molar refractivity (Wildman–Crippen MR) is 83.9 cm³/mol. The zero-order valence-electron chi connectivity index (χ0n) is 11.9. The molecule has 0 saturated heterocycles. The number of rotatable bonds is 3. The van der Waals surface area contributed by atoms with E-state index in [4.69, 9.17) is 11.6 Å². The number of pyridine rings is 1. The van der Waals surface area contributed by atoms with Gasteiger partial charge in [-0.2, -0.15) is 13.2 Å². The number of halogens is 5. The molecule has 1 aromatic carbocycles. The maximum atomic E-state index is 13.0. The number of benzene rings is 1. The van der Waals surface area contributed by atoms with Crippen molar-refractivity contribution in [3.05, 3.63) is 58.9 Å². The Morgan fingerprint density at radius 2 is 1.92 bits per heavy atom. The predicted octanol–water partition coefficient (Wildman–Crippen LogP) is 3.88. The summed E-state index contributed by atoms with van der Waals surface area (Å²) in [5.74, 6) is 0.157. The Balaban J connectivity index is 0.00000208. The second-order valence-electron chi connectivity index (χ2n) is 4.69. The van der Waals surface area contributed by atoms with Crippen LogP contribution < -0.4 is 0 Å². The smallest absolute Gasteiger partial charge is 0.264 e. The van der Waals surface area contributed by atoms with E-state index in [0.29, 0.717) is 0 Å². The number of hydrogen-bond acceptors (Lipinski definition) is 4. The van der Waals surface area contributed by atoms with Crippen molar-refractivity contribution in [2.24, 2.45) is 0 Å². The van der Waals surface area contributed by atoms with E-state index in [2.05, 4.69) is 20.5 Å². The van der Waals surface area contributed by atoms with E-state index in [0.717, 1.165) is 11.6 Å². The molecule has 0 spiro atoms. The van der Waals surface area contributed by atoms with Gasteiger partial charge in [0.25, 0.3) is 0 Å². The molecule has 2 aromatic heterocycles. The van der Waals surface area contributed by atoms with Gasteiger partial charge in [-0.1, -0.05) is 23.7 Å². The Morgan fingerprint density at radius 1 is 1.12 bits per heavy atom. The van der Waals surface area contributed by atoms with Crippen LogP contribution in [0.15, 0.2) is 42.7 Å². The van der Waals surface area contributed by atoms with Gasteiger partial charge in [0.2, 0.25) is 0 Å². The van der Waals surface area contributed by atoms with Gasteiger partial charge in [-0.05, 0) is 34.2 Å². The van der Waals surface area contributed by atoms with E-state index < -0.39 is 16.8 Å². The van der Waals surface area contributed by atoms with Crippen molar-refractivity contribution in [3.63, 3.8) is 0 Å². The van der Waals surface area contributed by atoms with Crippen molar-refractivity contribution in [2.75, 3.05) is 0 Å². The zero-order valence-corrected chi connectivity index (χ0v) is 13.5. The maximum absolute atomic E-state index is 13.0. The maximum Gasteiger partial charge on any atom is 0.417 e. The summed E-state index contributed by atoms with van der Waals surface area (Å²) >= 11 is 5.92. The Labute approximate surface area is 145 Å². The van der Waals surface area contributed by atoms with Crippen LogP contribution in [0.3, 0.4) is 0 Å². The van der Waals surface area contributed by atoms with Crippen LogP contribution in [0, 0.1) is 0 Å². The monoisotopic (exact) mass is 375 g/mol. The molecule has 5 nitrogen and oxygen atoms in total. The van der Waals surface area contributed by atoms with Crippen LogP contribution in [0.1, 0.15) is 11.1 Å². The van der Waals surface area contributed by atoms with Crippen LogP contribution >= 0.6 is 24.0 Å². The molecule has 0 aliphatic heterocycles. The van der Waals surface area contributed by atoms with Crippen LogP contribution in [0.4, 0.5) is 13.2 Å². The molecule has 0 aliphatic rings. The molecule has 126 valence electrons. The van der Waals surface area contributed by atoms with Crippen LogP contribution in [-0.4, -0.2) is 25.2 Å². The fourth-order valence-electron chi connectivity index (χ4n) is 2.09. The molecule has 2 heterocycles. The lowest BCUT2D eigenvalue weighted by atomic mass is 10.1. The van der Waals surface area contributed by atoms with Crippen molar-refractivity contribution < 1.29 is 13.2 Å². The first kappa shape index (κ1) is 18.2. The Kier molecular flexibility index (Phi) is 5.40. The van der Waals surface area contributed by atoms with Crippen LogP contribution in [-0.2, 0) is 12.7 Å². The molecule has 0 unspecified atom stereocenters. The Bertz CT molecular complexity index is 821. The van der Waals surface area contributed by atoms with Gasteiger partial charge in [-0.15, -0.1) is 17.5 Å². The lowest BCUT2D eigenvalue weighted by Gasteiger charge is -2.12. The first-order valence-electron chi connectivity index (χ1n) is 6.48. The quantitative estimate of drug-likeness (QED) is 0.696. The van der Waals surface area contributed by atoms with Crippen molar-refractivity contribution in [1.29, 1.82) is 0 Å². The molecule has 24 heavy (non-hydrogen) atoms. The van der Waals surface area contributed by atoms with Gasteiger partial charge in [0.05, 0.1) is 17.1 Å². The minimum atomic E-state index is -4.55. The van der Waals surface area contributed by atoms with Crippen LogP contribution in [0.25, 0.3) is 11.4 Å².